The van der Waals surface area contributed by atoms with Crippen molar-refractivity contribution in [1.82, 2.24) is 0 Å². The van der Waals surface area contributed by atoms with E-state index in [0.29, 0.717) is 13.0 Å². The second-order valence-corrected chi connectivity index (χ2v) is 4.67. The van der Waals surface area contributed by atoms with Gasteiger partial charge in [0.15, 0.2) is 0 Å². The molecule has 1 unspecified atom stereocenters. The Hall–Kier alpha value is -1.55. The summed E-state index contributed by atoms with van der Waals surface area (Å²) in [7, 11) is 4.97. The van der Waals surface area contributed by atoms with Crippen LogP contribution in [0.2, 0.25) is 0 Å². The topological polar surface area (TPSA) is 38.8 Å². The maximum absolute atomic E-state index is 11.9. The van der Waals surface area contributed by atoms with Gasteiger partial charge in [0.2, 0.25) is 0 Å². The van der Waals surface area contributed by atoms with Crippen molar-refractivity contribution in [3.8, 4) is 0 Å². The molecule has 0 aromatic heterocycles. The molecule has 4 heteroatoms. The number of para-hydroxylation sites is 1. The van der Waals surface area contributed by atoms with Crippen molar-refractivity contribution in [3.63, 3.8) is 0 Å². The first-order valence-electron chi connectivity index (χ1n) is 6.38. The van der Waals surface area contributed by atoms with Crippen molar-refractivity contribution >= 4 is 11.7 Å². The number of anilines is 1. The van der Waals surface area contributed by atoms with Crippen LogP contribution in [0.15, 0.2) is 18.2 Å². The van der Waals surface area contributed by atoms with Gasteiger partial charge in [-0.05, 0) is 25.0 Å². The zero-order valence-electron chi connectivity index (χ0n) is 12.4. The second-order valence-electron chi connectivity index (χ2n) is 4.67. The molecule has 4 nitrogen and oxygen atoms in total. The maximum atomic E-state index is 11.9. The van der Waals surface area contributed by atoms with Crippen LogP contribution < -0.4 is 4.90 Å². The lowest BCUT2D eigenvalue weighted by Gasteiger charge is -2.30. The van der Waals surface area contributed by atoms with E-state index in [1.54, 1.807) is 7.11 Å². The first-order chi connectivity index (χ1) is 9.02. The van der Waals surface area contributed by atoms with Crippen molar-refractivity contribution in [2.75, 3.05) is 32.8 Å². The van der Waals surface area contributed by atoms with Gasteiger partial charge < -0.3 is 14.4 Å². The number of hydrogen-bond donors (Lipinski definition) is 0. The highest BCUT2D eigenvalue weighted by Crippen LogP contribution is 2.26. The van der Waals surface area contributed by atoms with Crippen molar-refractivity contribution in [1.29, 1.82) is 0 Å². The van der Waals surface area contributed by atoms with Gasteiger partial charge in [0.05, 0.1) is 7.11 Å². The molecule has 0 spiro atoms. The smallest absolute Gasteiger partial charge is 0.328 e. The average molecular weight is 265 g/mol. The molecule has 0 amide bonds. The van der Waals surface area contributed by atoms with Crippen LogP contribution in [-0.4, -0.2) is 39.9 Å². The first-order valence-corrected chi connectivity index (χ1v) is 6.38. The van der Waals surface area contributed by atoms with Gasteiger partial charge in [-0.2, -0.15) is 0 Å². The van der Waals surface area contributed by atoms with Gasteiger partial charge in [-0.1, -0.05) is 18.2 Å². The molecule has 106 valence electrons. The molecule has 1 aromatic carbocycles. The van der Waals surface area contributed by atoms with E-state index in [1.807, 2.05) is 44.0 Å². The Morgan fingerprint density at radius 3 is 2.32 bits per heavy atom. The summed E-state index contributed by atoms with van der Waals surface area (Å²) in [6, 6.07) is 5.78. The van der Waals surface area contributed by atoms with Crippen molar-refractivity contribution in [2.24, 2.45) is 0 Å². The molecule has 0 heterocycles. The van der Waals surface area contributed by atoms with Gasteiger partial charge in [0.25, 0.3) is 0 Å². The second kappa shape index (κ2) is 7.14. The molecule has 0 bridgehead atoms. The summed E-state index contributed by atoms with van der Waals surface area (Å²) in [6.07, 6.45) is 0.605. The van der Waals surface area contributed by atoms with Crippen LogP contribution in [0.5, 0.6) is 0 Å². The molecule has 19 heavy (non-hydrogen) atoms. The number of carbonyl (C=O) groups is 1. The van der Waals surface area contributed by atoms with Crippen molar-refractivity contribution < 1.29 is 14.3 Å². The van der Waals surface area contributed by atoms with E-state index in [1.165, 1.54) is 7.11 Å². The lowest BCUT2D eigenvalue weighted by molar-refractivity contribution is -0.142. The Morgan fingerprint density at radius 2 is 1.84 bits per heavy atom. The minimum Gasteiger partial charge on any atom is -0.467 e. The summed E-state index contributed by atoms with van der Waals surface area (Å²) >= 11 is 0. The summed E-state index contributed by atoms with van der Waals surface area (Å²) in [6.45, 7) is 4.61. The zero-order valence-corrected chi connectivity index (χ0v) is 12.4. The van der Waals surface area contributed by atoms with E-state index >= 15 is 0 Å². The lowest BCUT2D eigenvalue weighted by Crippen LogP contribution is -2.41. The molecular formula is C15H23NO3. The predicted molar refractivity (Wildman–Crippen MR) is 76.6 cm³/mol. The Bertz CT molecular complexity index is 411. The van der Waals surface area contributed by atoms with Crippen LogP contribution in [0.4, 0.5) is 5.69 Å². The number of methoxy groups -OCH3 is 2. The van der Waals surface area contributed by atoms with E-state index in [-0.39, 0.29) is 12.0 Å². The summed E-state index contributed by atoms with van der Waals surface area (Å²) in [5, 5.41) is 0. The molecule has 0 fully saturated rings. The SMILES string of the molecule is COCCC(C(=O)OC)N(C)c1c(C)cccc1C. The van der Waals surface area contributed by atoms with E-state index in [4.69, 9.17) is 9.47 Å². The fourth-order valence-corrected chi connectivity index (χ4v) is 2.35. The molecule has 1 atom stereocenters. The number of esters is 1. The Morgan fingerprint density at radius 1 is 1.26 bits per heavy atom. The summed E-state index contributed by atoms with van der Waals surface area (Å²) in [5.41, 5.74) is 3.37. The number of ether oxygens (including phenoxy) is 2. The average Bonchev–Trinajstić information content (AvgIpc) is 2.38. The molecule has 0 saturated heterocycles. The zero-order chi connectivity index (χ0) is 14.4. The van der Waals surface area contributed by atoms with Crippen LogP contribution in [0.3, 0.4) is 0 Å². The number of benzene rings is 1. The van der Waals surface area contributed by atoms with Gasteiger partial charge in [0, 0.05) is 32.9 Å². The molecule has 0 N–H and O–H groups in total. The number of carbonyl (C=O) groups excluding carboxylic acids is 1. The van der Waals surface area contributed by atoms with Gasteiger partial charge in [-0.25, -0.2) is 4.79 Å². The third kappa shape index (κ3) is 3.70. The van der Waals surface area contributed by atoms with Crippen LogP contribution in [-0.2, 0) is 14.3 Å². The first kappa shape index (κ1) is 15.5. The Labute approximate surface area is 115 Å². The number of rotatable bonds is 6. The minimum absolute atomic E-state index is 0.234. The monoisotopic (exact) mass is 265 g/mol. The summed E-state index contributed by atoms with van der Waals surface area (Å²) < 4.78 is 9.97. The minimum atomic E-state index is -0.329. The number of hydrogen-bond acceptors (Lipinski definition) is 4. The van der Waals surface area contributed by atoms with E-state index < -0.39 is 0 Å². The third-order valence-electron chi connectivity index (χ3n) is 3.33. The quantitative estimate of drug-likeness (QED) is 0.740. The van der Waals surface area contributed by atoms with E-state index in [0.717, 1.165) is 16.8 Å². The summed E-state index contributed by atoms with van der Waals surface area (Å²) in [4.78, 5) is 13.9. The highest BCUT2D eigenvalue weighted by atomic mass is 16.5. The Balaban J connectivity index is 3.04. The maximum Gasteiger partial charge on any atom is 0.328 e. The molecule has 0 aliphatic carbocycles. The highest BCUT2D eigenvalue weighted by molar-refractivity contribution is 5.80. The predicted octanol–water partition coefficient (Wildman–Crippen LogP) is 2.32. The summed E-state index contributed by atoms with van der Waals surface area (Å²) in [5.74, 6) is -0.234. The fourth-order valence-electron chi connectivity index (χ4n) is 2.35. The van der Waals surface area contributed by atoms with Gasteiger partial charge in [0.1, 0.15) is 6.04 Å². The molecule has 0 aliphatic heterocycles. The molecule has 0 aliphatic rings. The number of nitrogens with zero attached hydrogens (tertiary/aromatic N) is 1. The van der Waals surface area contributed by atoms with E-state index in [9.17, 15) is 4.79 Å². The molecule has 1 aromatic rings. The van der Waals surface area contributed by atoms with E-state index in [2.05, 4.69) is 0 Å². The standard InChI is InChI=1S/C15H23NO3/c1-11-7-6-8-12(2)14(11)16(3)13(9-10-18-4)15(17)19-5/h6-8,13H,9-10H2,1-5H3. The molecular weight excluding hydrogens is 242 g/mol. The normalized spacial score (nSPS) is 12.1. The fraction of sp³-hybridized carbons (Fsp3) is 0.533. The molecule has 0 radical (unpaired) electrons. The van der Waals surface area contributed by atoms with Crippen LogP contribution in [0.1, 0.15) is 17.5 Å². The number of likely N-dealkylation sites (N-methyl/N-ethyl adjacent to an activating group) is 1. The van der Waals surface area contributed by atoms with Gasteiger partial charge in [-0.3, -0.25) is 0 Å². The van der Waals surface area contributed by atoms with Crippen LogP contribution in [0.25, 0.3) is 0 Å². The van der Waals surface area contributed by atoms with Gasteiger partial charge >= 0.3 is 5.97 Å². The molecule has 1 rings (SSSR count). The Kier molecular flexibility index (Phi) is 5.83. The third-order valence-corrected chi connectivity index (χ3v) is 3.33. The largest absolute Gasteiger partial charge is 0.467 e. The van der Waals surface area contributed by atoms with Crippen LogP contribution >= 0.6 is 0 Å². The van der Waals surface area contributed by atoms with Crippen LogP contribution in [0, 0.1) is 13.8 Å². The van der Waals surface area contributed by atoms with Crippen molar-refractivity contribution in [2.45, 2.75) is 26.3 Å². The van der Waals surface area contributed by atoms with Gasteiger partial charge in [-0.15, -0.1) is 0 Å². The lowest BCUT2D eigenvalue weighted by atomic mass is 10.1. The molecule has 0 saturated carbocycles. The number of aryl methyl sites for hydroxylation is 2. The highest BCUT2D eigenvalue weighted by Gasteiger charge is 2.25. The van der Waals surface area contributed by atoms with Crippen molar-refractivity contribution in [3.05, 3.63) is 29.3 Å².